The lowest BCUT2D eigenvalue weighted by atomic mass is 10.0. The highest BCUT2D eigenvalue weighted by molar-refractivity contribution is 9.10. The minimum Gasteiger partial charge on any atom is -0.456 e. The quantitative estimate of drug-likeness (QED) is 0.341. The number of hydrogen-bond donors (Lipinski definition) is 0. The first kappa shape index (κ1) is 23.4. The first-order valence-corrected chi connectivity index (χ1v) is 10.0. The topological polar surface area (TPSA) is 106 Å². The zero-order valence-electron chi connectivity index (χ0n) is 16.4. The number of carbonyl (C=O) groups excluding carboxylic acids is 3. The van der Waals surface area contributed by atoms with Gasteiger partial charge in [-0.15, -0.1) is 0 Å². The second-order valence-corrected chi connectivity index (χ2v) is 7.74. The molecule has 2 aromatic rings. The van der Waals surface area contributed by atoms with Crippen molar-refractivity contribution in [1.29, 1.82) is 0 Å². The minimum atomic E-state index is -1.40. The summed E-state index contributed by atoms with van der Waals surface area (Å²) in [6, 6.07) is 1.12. The van der Waals surface area contributed by atoms with Crippen LogP contribution < -0.4 is 0 Å². The van der Waals surface area contributed by atoms with E-state index in [9.17, 15) is 23.2 Å². The molecule has 2 heterocycles. The van der Waals surface area contributed by atoms with Crippen LogP contribution in [0.3, 0.4) is 0 Å². The Hall–Kier alpha value is -2.31. The molecule has 13 heteroatoms. The smallest absolute Gasteiger partial charge is 0.303 e. The second kappa shape index (κ2) is 9.05. The van der Waals surface area contributed by atoms with E-state index >= 15 is 0 Å². The van der Waals surface area contributed by atoms with Crippen molar-refractivity contribution in [2.45, 2.75) is 45.3 Å². The summed E-state index contributed by atoms with van der Waals surface area (Å²) in [5, 5.41) is -0.476. The number of nitrogens with zero attached hydrogens (tertiary/aromatic N) is 2. The molecule has 0 radical (unpaired) electrons. The Bertz CT molecular complexity index is 1060. The highest BCUT2D eigenvalue weighted by Gasteiger charge is 2.48. The van der Waals surface area contributed by atoms with E-state index in [0.717, 1.165) is 31.4 Å². The summed E-state index contributed by atoms with van der Waals surface area (Å²) in [7, 11) is 0. The van der Waals surface area contributed by atoms with E-state index in [2.05, 4.69) is 20.9 Å². The highest BCUT2D eigenvalue weighted by Crippen LogP contribution is 2.37. The maximum Gasteiger partial charge on any atom is 0.303 e. The van der Waals surface area contributed by atoms with E-state index in [1.807, 2.05) is 0 Å². The van der Waals surface area contributed by atoms with Gasteiger partial charge in [-0.3, -0.25) is 19.0 Å². The number of hydrogen-bond acceptors (Lipinski definition) is 8. The summed E-state index contributed by atoms with van der Waals surface area (Å²) in [5.41, 5.74) is -0.337. The molecule has 1 aliphatic rings. The Labute approximate surface area is 187 Å². The lowest BCUT2D eigenvalue weighted by Crippen LogP contribution is -2.55. The molecule has 1 aromatic carbocycles. The van der Waals surface area contributed by atoms with Crippen molar-refractivity contribution >= 4 is 56.5 Å². The molecular weight excluding hydrogens is 510 g/mol. The fraction of sp³-hybridized carbons (Fsp3) is 0.444. The molecule has 0 N–H and O–H groups in total. The van der Waals surface area contributed by atoms with Crippen LogP contribution in [0.4, 0.5) is 8.78 Å². The standard InChI is InChI=1S/C18H16BrClF2N2O7/c1-6(25)29-11-5-28-17(16(31-8(3)27)15(11)30-7(2)26)24-14-10(23-18(24)19)4-9(20)12(21)13(14)22/h4,11,15-17H,5H2,1-3H3/t11-,15-,16-,17-/m1/s1. The van der Waals surface area contributed by atoms with Crippen LogP contribution in [0.25, 0.3) is 11.0 Å². The van der Waals surface area contributed by atoms with Crippen LogP contribution in [0.5, 0.6) is 0 Å². The van der Waals surface area contributed by atoms with E-state index in [1.54, 1.807) is 0 Å². The van der Waals surface area contributed by atoms with Gasteiger partial charge in [-0.2, -0.15) is 0 Å². The van der Waals surface area contributed by atoms with Crippen molar-refractivity contribution in [2.24, 2.45) is 0 Å². The van der Waals surface area contributed by atoms with Gasteiger partial charge < -0.3 is 18.9 Å². The number of aromatic nitrogens is 2. The van der Waals surface area contributed by atoms with Crippen LogP contribution in [0.2, 0.25) is 5.02 Å². The molecule has 0 unspecified atom stereocenters. The summed E-state index contributed by atoms with van der Waals surface area (Å²) in [4.78, 5) is 39.0. The fourth-order valence-electron chi connectivity index (χ4n) is 3.31. The van der Waals surface area contributed by atoms with Crippen molar-refractivity contribution in [3.05, 3.63) is 27.5 Å². The lowest BCUT2D eigenvalue weighted by Gasteiger charge is -2.41. The number of benzene rings is 1. The molecule has 9 nitrogen and oxygen atoms in total. The van der Waals surface area contributed by atoms with E-state index < -0.39 is 59.1 Å². The molecule has 1 fully saturated rings. The van der Waals surface area contributed by atoms with Gasteiger partial charge in [-0.25, -0.2) is 13.8 Å². The SMILES string of the molecule is CC(=O)O[C@@H]1[C@H](OC(C)=O)[C@H](OC(C)=O)CO[C@H]1n1c(Br)nc2cc(Cl)c(F)c(F)c21. The fourth-order valence-corrected chi connectivity index (χ4v) is 4.07. The Morgan fingerprint density at radius 1 is 1.10 bits per heavy atom. The van der Waals surface area contributed by atoms with Gasteiger partial charge in [0.1, 0.15) is 5.52 Å². The van der Waals surface area contributed by atoms with Crippen LogP contribution in [-0.4, -0.2) is 52.4 Å². The average molecular weight is 526 g/mol. The number of esters is 3. The van der Waals surface area contributed by atoms with E-state index in [4.69, 9.17) is 30.5 Å². The molecule has 1 saturated heterocycles. The largest absolute Gasteiger partial charge is 0.456 e. The highest BCUT2D eigenvalue weighted by atomic mass is 79.9. The Balaban J connectivity index is 2.16. The van der Waals surface area contributed by atoms with Crippen LogP contribution in [0, 0.1) is 11.6 Å². The number of ether oxygens (including phenoxy) is 4. The van der Waals surface area contributed by atoms with Crippen LogP contribution in [0.1, 0.15) is 27.0 Å². The number of halogens is 4. The predicted molar refractivity (Wildman–Crippen MR) is 104 cm³/mol. The van der Waals surface area contributed by atoms with E-state index in [1.165, 1.54) is 0 Å². The lowest BCUT2D eigenvalue weighted by molar-refractivity contribution is -0.239. The van der Waals surface area contributed by atoms with Gasteiger partial charge >= 0.3 is 17.9 Å². The zero-order valence-corrected chi connectivity index (χ0v) is 18.7. The van der Waals surface area contributed by atoms with E-state index in [-0.39, 0.29) is 22.4 Å². The van der Waals surface area contributed by atoms with Crippen molar-refractivity contribution in [3.8, 4) is 0 Å². The number of fused-ring (bicyclic) bond motifs is 1. The summed E-state index contributed by atoms with van der Waals surface area (Å²) in [6.07, 6.45) is -5.14. The van der Waals surface area contributed by atoms with Crippen LogP contribution in [0.15, 0.2) is 10.8 Å². The molecular formula is C18H16BrClF2N2O7. The second-order valence-electron chi connectivity index (χ2n) is 6.62. The zero-order chi connectivity index (χ0) is 23.0. The average Bonchev–Trinajstić information content (AvgIpc) is 2.97. The number of rotatable bonds is 4. The molecule has 31 heavy (non-hydrogen) atoms. The predicted octanol–water partition coefficient (Wildman–Crippen LogP) is 3.05. The molecule has 4 atom stereocenters. The van der Waals surface area contributed by atoms with Crippen LogP contribution in [-0.2, 0) is 33.3 Å². The van der Waals surface area contributed by atoms with Crippen molar-refractivity contribution in [1.82, 2.24) is 9.55 Å². The van der Waals surface area contributed by atoms with Gasteiger partial charge in [0.15, 0.2) is 40.9 Å². The third kappa shape index (κ3) is 4.65. The van der Waals surface area contributed by atoms with Gasteiger partial charge in [-0.1, -0.05) is 11.6 Å². The molecule has 0 saturated carbocycles. The van der Waals surface area contributed by atoms with E-state index in [0.29, 0.717) is 0 Å². The maximum atomic E-state index is 14.8. The Morgan fingerprint density at radius 3 is 2.26 bits per heavy atom. The third-order valence-electron chi connectivity index (χ3n) is 4.35. The van der Waals surface area contributed by atoms with Gasteiger partial charge in [0.2, 0.25) is 0 Å². The monoisotopic (exact) mass is 524 g/mol. The summed E-state index contributed by atoms with van der Waals surface area (Å²) in [6.45, 7) is 3.04. The van der Waals surface area contributed by atoms with Gasteiger partial charge in [0, 0.05) is 20.8 Å². The maximum absolute atomic E-state index is 14.8. The normalized spacial score (nSPS) is 23.5. The van der Waals surface area contributed by atoms with Crippen molar-refractivity contribution < 1.29 is 42.1 Å². The summed E-state index contributed by atoms with van der Waals surface area (Å²) >= 11 is 8.85. The first-order valence-electron chi connectivity index (χ1n) is 8.85. The molecule has 0 spiro atoms. The Kier molecular flexibility index (Phi) is 6.82. The Morgan fingerprint density at radius 2 is 1.68 bits per heavy atom. The van der Waals surface area contributed by atoms with Crippen molar-refractivity contribution in [2.75, 3.05) is 6.61 Å². The molecule has 1 aliphatic heterocycles. The molecule has 0 amide bonds. The summed E-state index contributed by atoms with van der Waals surface area (Å²) in [5.74, 6) is -4.84. The molecule has 1 aromatic heterocycles. The number of imidazole rings is 1. The van der Waals surface area contributed by atoms with Gasteiger partial charge in [0.05, 0.1) is 17.1 Å². The third-order valence-corrected chi connectivity index (χ3v) is 5.18. The first-order chi connectivity index (χ1) is 14.5. The summed E-state index contributed by atoms with van der Waals surface area (Å²) < 4.78 is 51.4. The van der Waals surface area contributed by atoms with Gasteiger partial charge in [0.25, 0.3) is 0 Å². The molecule has 0 bridgehead atoms. The minimum absolute atomic E-state index is 0.00210. The molecule has 0 aliphatic carbocycles. The van der Waals surface area contributed by atoms with Crippen molar-refractivity contribution in [3.63, 3.8) is 0 Å². The molecule has 3 rings (SSSR count). The number of carbonyl (C=O) groups is 3. The van der Waals surface area contributed by atoms with Gasteiger partial charge in [-0.05, 0) is 22.0 Å². The molecule has 168 valence electrons. The van der Waals surface area contributed by atoms with Crippen LogP contribution >= 0.6 is 27.5 Å².